The quantitative estimate of drug-likeness (QED) is 0.714. The maximum Gasteiger partial charge on any atom is 0.788 e. The van der Waals surface area contributed by atoms with E-state index < -0.39 is 7.32 Å². The van der Waals surface area contributed by atoms with E-state index in [2.05, 4.69) is 0 Å². The van der Waals surface area contributed by atoms with Crippen LogP contribution in [-0.2, 0) is 4.65 Å². The Morgan fingerprint density at radius 1 is 1.00 bits per heavy atom. The first kappa shape index (κ1) is 10.0. The van der Waals surface area contributed by atoms with Crippen molar-refractivity contribution < 1.29 is 14.0 Å². The van der Waals surface area contributed by atoms with Gasteiger partial charge in [-0.05, 0) is 25.0 Å². The number of rotatable bonds is 2. The van der Waals surface area contributed by atoms with E-state index in [1.165, 1.54) is 19.3 Å². The van der Waals surface area contributed by atoms with Crippen LogP contribution in [0.15, 0.2) is 24.3 Å². The fraction of sp³-hybridized carbons (Fsp3) is 0.500. The predicted molar refractivity (Wildman–Crippen MR) is 61.4 cm³/mol. The van der Waals surface area contributed by atoms with E-state index >= 15 is 0 Å². The van der Waals surface area contributed by atoms with Gasteiger partial charge >= 0.3 is 7.32 Å². The maximum atomic E-state index is 5.79. The Kier molecular flexibility index (Phi) is 2.74. The largest absolute Gasteiger partial charge is 0.788 e. The molecule has 0 radical (unpaired) electrons. The van der Waals surface area contributed by atoms with Gasteiger partial charge in [0.05, 0.1) is 0 Å². The summed E-state index contributed by atoms with van der Waals surface area (Å²) in [4.78, 5) is 0. The van der Waals surface area contributed by atoms with Crippen molar-refractivity contribution in [3.8, 4) is 11.5 Å². The highest BCUT2D eigenvalue weighted by Gasteiger charge is 2.37. The minimum Gasteiger partial charge on any atom is -0.498 e. The van der Waals surface area contributed by atoms with E-state index in [1.807, 2.05) is 24.3 Å². The third kappa shape index (κ3) is 2.02. The van der Waals surface area contributed by atoms with Crippen molar-refractivity contribution in [2.45, 2.75) is 38.2 Å². The van der Waals surface area contributed by atoms with E-state index in [4.69, 9.17) is 14.0 Å². The molecule has 0 N–H and O–H groups in total. The number of fused-ring (bicyclic) bond motifs is 1. The molecule has 1 fully saturated rings. The van der Waals surface area contributed by atoms with Crippen LogP contribution in [0.4, 0.5) is 0 Å². The van der Waals surface area contributed by atoms with E-state index in [0.29, 0.717) is 6.10 Å². The topological polar surface area (TPSA) is 27.7 Å². The van der Waals surface area contributed by atoms with Crippen LogP contribution in [-0.4, -0.2) is 13.4 Å². The first-order chi connectivity index (χ1) is 7.92. The highest BCUT2D eigenvalue weighted by Crippen LogP contribution is 2.34. The van der Waals surface area contributed by atoms with Gasteiger partial charge in [0, 0.05) is 6.10 Å². The van der Waals surface area contributed by atoms with Crippen LogP contribution in [0.3, 0.4) is 0 Å². The zero-order valence-electron chi connectivity index (χ0n) is 9.22. The third-order valence-corrected chi connectivity index (χ3v) is 3.15. The van der Waals surface area contributed by atoms with Gasteiger partial charge < -0.3 is 14.0 Å². The molecule has 3 nitrogen and oxygen atoms in total. The average molecular weight is 218 g/mol. The van der Waals surface area contributed by atoms with E-state index in [-0.39, 0.29) is 0 Å². The minimum absolute atomic E-state index is 0.299. The second kappa shape index (κ2) is 4.38. The highest BCUT2D eigenvalue weighted by atomic mass is 16.8. The minimum atomic E-state index is -0.541. The molecule has 3 rings (SSSR count). The Morgan fingerprint density at radius 3 is 2.25 bits per heavy atom. The average Bonchev–Trinajstić information content (AvgIpc) is 2.72. The van der Waals surface area contributed by atoms with Crippen LogP contribution >= 0.6 is 0 Å². The van der Waals surface area contributed by atoms with Crippen molar-refractivity contribution in [1.82, 2.24) is 0 Å². The summed E-state index contributed by atoms with van der Waals surface area (Å²) >= 11 is 0. The molecule has 0 unspecified atom stereocenters. The fourth-order valence-electron chi connectivity index (χ4n) is 2.29. The van der Waals surface area contributed by atoms with Crippen molar-refractivity contribution in [2.24, 2.45) is 0 Å². The summed E-state index contributed by atoms with van der Waals surface area (Å²) in [5.74, 6) is 1.56. The van der Waals surface area contributed by atoms with Gasteiger partial charge in [-0.2, -0.15) is 0 Å². The Balaban J connectivity index is 1.59. The van der Waals surface area contributed by atoms with Crippen molar-refractivity contribution in [3.63, 3.8) is 0 Å². The SMILES string of the molecule is c1ccc2c(c1)OB(OC1CCCCC1)O2. The lowest BCUT2D eigenvalue weighted by Crippen LogP contribution is -2.34. The van der Waals surface area contributed by atoms with E-state index in [1.54, 1.807) is 0 Å². The zero-order chi connectivity index (χ0) is 10.8. The fourth-order valence-corrected chi connectivity index (χ4v) is 2.29. The van der Waals surface area contributed by atoms with Crippen molar-refractivity contribution in [2.75, 3.05) is 0 Å². The van der Waals surface area contributed by atoms with Crippen LogP contribution in [0, 0.1) is 0 Å². The van der Waals surface area contributed by atoms with Gasteiger partial charge in [-0.15, -0.1) is 0 Å². The van der Waals surface area contributed by atoms with Gasteiger partial charge in [-0.3, -0.25) is 0 Å². The molecule has 0 atom stereocenters. The number of hydrogen-bond donors (Lipinski definition) is 0. The Bertz CT molecular complexity index is 338. The first-order valence-corrected chi connectivity index (χ1v) is 5.99. The lowest BCUT2D eigenvalue weighted by molar-refractivity contribution is 0.108. The molecule has 0 saturated heterocycles. The summed E-state index contributed by atoms with van der Waals surface area (Å²) in [6.07, 6.45) is 6.38. The molecule has 1 aliphatic carbocycles. The van der Waals surface area contributed by atoms with Crippen LogP contribution < -0.4 is 9.31 Å². The summed E-state index contributed by atoms with van der Waals surface area (Å²) in [5, 5.41) is 0. The molecule has 0 spiro atoms. The molecule has 0 aromatic heterocycles. The lowest BCUT2D eigenvalue weighted by atomic mass is 9.96. The monoisotopic (exact) mass is 218 g/mol. The molecule has 0 bridgehead atoms. The van der Waals surface area contributed by atoms with Crippen molar-refractivity contribution in [3.05, 3.63) is 24.3 Å². The summed E-state index contributed by atoms with van der Waals surface area (Å²) in [5.41, 5.74) is 0. The normalized spacial score (nSPS) is 20.1. The van der Waals surface area contributed by atoms with Gasteiger partial charge in [0.1, 0.15) is 11.5 Å². The van der Waals surface area contributed by atoms with Crippen LogP contribution in [0.1, 0.15) is 32.1 Å². The molecule has 1 aromatic rings. The third-order valence-electron chi connectivity index (χ3n) is 3.15. The summed E-state index contributed by atoms with van der Waals surface area (Å²) < 4.78 is 16.9. The summed E-state index contributed by atoms with van der Waals surface area (Å²) in [6.45, 7) is 0. The number of para-hydroxylation sites is 2. The predicted octanol–water partition coefficient (Wildman–Crippen LogP) is 2.79. The molecule has 1 aromatic carbocycles. The van der Waals surface area contributed by atoms with Crippen molar-refractivity contribution in [1.29, 1.82) is 0 Å². The zero-order valence-corrected chi connectivity index (χ0v) is 9.22. The van der Waals surface area contributed by atoms with Gasteiger partial charge in [0.2, 0.25) is 0 Å². The van der Waals surface area contributed by atoms with Crippen molar-refractivity contribution >= 4 is 7.32 Å². The van der Waals surface area contributed by atoms with Crippen LogP contribution in [0.25, 0.3) is 0 Å². The maximum absolute atomic E-state index is 5.79. The molecular weight excluding hydrogens is 203 g/mol. The second-order valence-electron chi connectivity index (χ2n) is 4.37. The second-order valence-corrected chi connectivity index (χ2v) is 4.37. The summed E-state index contributed by atoms with van der Waals surface area (Å²) in [6, 6.07) is 7.68. The standard InChI is InChI=1S/C12H15BO3/c1-2-6-10(7-3-1)14-13-15-11-8-4-5-9-12(11)16-13/h4-5,8-10H,1-3,6-7H2. The molecule has 4 heteroatoms. The van der Waals surface area contributed by atoms with Gasteiger partial charge in [0.15, 0.2) is 0 Å². The summed E-state index contributed by atoms with van der Waals surface area (Å²) in [7, 11) is -0.541. The van der Waals surface area contributed by atoms with Crippen LogP contribution in [0.2, 0.25) is 0 Å². The molecule has 2 aliphatic rings. The molecular formula is C12H15BO3. The van der Waals surface area contributed by atoms with Gasteiger partial charge in [0.25, 0.3) is 0 Å². The molecule has 0 amide bonds. The number of hydrogen-bond acceptors (Lipinski definition) is 3. The van der Waals surface area contributed by atoms with Crippen LogP contribution in [0.5, 0.6) is 11.5 Å². The Labute approximate surface area is 95.9 Å². The Hall–Kier alpha value is -1.16. The van der Waals surface area contributed by atoms with E-state index in [9.17, 15) is 0 Å². The molecule has 1 saturated carbocycles. The molecule has 1 heterocycles. The Morgan fingerprint density at radius 2 is 1.62 bits per heavy atom. The van der Waals surface area contributed by atoms with Gasteiger partial charge in [-0.1, -0.05) is 31.4 Å². The first-order valence-electron chi connectivity index (χ1n) is 5.99. The molecule has 84 valence electrons. The van der Waals surface area contributed by atoms with E-state index in [0.717, 1.165) is 24.3 Å². The highest BCUT2D eigenvalue weighted by molar-refractivity contribution is 6.40. The lowest BCUT2D eigenvalue weighted by Gasteiger charge is -2.22. The molecule has 16 heavy (non-hydrogen) atoms. The molecule has 1 aliphatic heterocycles. The van der Waals surface area contributed by atoms with Gasteiger partial charge in [-0.25, -0.2) is 0 Å². The number of benzene rings is 1. The smallest absolute Gasteiger partial charge is 0.498 e.